The van der Waals surface area contributed by atoms with Crippen molar-refractivity contribution in [2.75, 3.05) is 20.2 Å². The van der Waals surface area contributed by atoms with E-state index in [1.165, 1.54) is 6.07 Å². The van der Waals surface area contributed by atoms with Crippen molar-refractivity contribution < 1.29 is 18.8 Å². The number of benzene rings is 1. The second-order valence-corrected chi connectivity index (χ2v) is 4.30. The summed E-state index contributed by atoms with van der Waals surface area (Å²) in [6.07, 6.45) is 0.731. The normalized spacial score (nSPS) is 18.3. The van der Waals surface area contributed by atoms with Crippen LogP contribution in [0.1, 0.15) is 28.3 Å². The maximum atomic E-state index is 14.3. The number of carbonyl (C=O) groups is 1. The number of carbonyl (C=O) groups excluding carboxylic acids is 1. The minimum Gasteiger partial charge on any atom is -0.465 e. The standard InChI is InChI=1S/C12H13FN2O4/c1-19-12(16)10-9(15(17)18)3-2-8(11(10)13)7-4-5-14-6-7/h2-3,7,14H,4-6H2,1H3. The molecule has 1 unspecified atom stereocenters. The van der Waals surface area contributed by atoms with Crippen molar-refractivity contribution in [1.29, 1.82) is 0 Å². The van der Waals surface area contributed by atoms with Gasteiger partial charge in [0.15, 0.2) is 5.56 Å². The summed E-state index contributed by atoms with van der Waals surface area (Å²) in [7, 11) is 1.06. The first-order chi connectivity index (χ1) is 9.06. The lowest BCUT2D eigenvalue weighted by Gasteiger charge is -2.12. The molecule has 0 saturated carbocycles. The van der Waals surface area contributed by atoms with Crippen LogP contribution in [0.4, 0.5) is 10.1 Å². The van der Waals surface area contributed by atoms with Gasteiger partial charge in [-0.2, -0.15) is 0 Å². The van der Waals surface area contributed by atoms with Crippen LogP contribution >= 0.6 is 0 Å². The molecule has 1 atom stereocenters. The summed E-state index contributed by atoms with van der Waals surface area (Å²) < 4.78 is 18.8. The van der Waals surface area contributed by atoms with Crippen LogP contribution in [0, 0.1) is 15.9 Å². The van der Waals surface area contributed by atoms with Crippen LogP contribution in [0.2, 0.25) is 0 Å². The Morgan fingerprint density at radius 3 is 2.84 bits per heavy atom. The zero-order chi connectivity index (χ0) is 14.0. The number of methoxy groups -OCH3 is 1. The zero-order valence-electron chi connectivity index (χ0n) is 10.3. The van der Waals surface area contributed by atoms with Crippen molar-refractivity contribution in [3.8, 4) is 0 Å². The Morgan fingerprint density at radius 1 is 1.58 bits per heavy atom. The van der Waals surface area contributed by atoms with E-state index < -0.39 is 28.0 Å². The predicted octanol–water partition coefficient (Wildman–Crippen LogP) is 1.60. The molecule has 1 aliphatic rings. The van der Waals surface area contributed by atoms with Crippen LogP contribution in [0.15, 0.2) is 12.1 Å². The quantitative estimate of drug-likeness (QED) is 0.511. The number of halogens is 1. The van der Waals surface area contributed by atoms with Crippen LogP contribution in [-0.2, 0) is 4.74 Å². The van der Waals surface area contributed by atoms with Gasteiger partial charge in [0.25, 0.3) is 5.69 Å². The van der Waals surface area contributed by atoms with Gasteiger partial charge < -0.3 is 10.1 Å². The lowest BCUT2D eigenvalue weighted by molar-refractivity contribution is -0.385. The molecule has 1 fully saturated rings. The molecule has 2 rings (SSSR count). The molecule has 0 bridgehead atoms. The average molecular weight is 268 g/mol. The van der Waals surface area contributed by atoms with Gasteiger partial charge in [-0.1, -0.05) is 0 Å². The minimum atomic E-state index is -1.03. The van der Waals surface area contributed by atoms with E-state index in [1.54, 1.807) is 0 Å². The van der Waals surface area contributed by atoms with Gasteiger partial charge in [0.1, 0.15) is 5.82 Å². The highest BCUT2D eigenvalue weighted by Gasteiger charge is 2.30. The summed E-state index contributed by atoms with van der Waals surface area (Å²) in [5.41, 5.74) is -0.855. The van der Waals surface area contributed by atoms with Gasteiger partial charge >= 0.3 is 5.97 Å². The number of nitrogens with zero attached hydrogens (tertiary/aromatic N) is 1. The molecule has 1 heterocycles. The lowest BCUT2D eigenvalue weighted by Crippen LogP contribution is -2.14. The molecule has 1 aromatic carbocycles. The Bertz CT molecular complexity index is 527. The van der Waals surface area contributed by atoms with Crippen molar-refractivity contribution >= 4 is 11.7 Å². The van der Waals surface area contributed by atoms with Crippen molar-refractivity contribution in [1.82, 2.24) is 5.32 Å². The van der Waals surface area contributed by atoms with Crippen LogP contribution in [0.25, 0.3) is 0 Å². The Morgan fingerprint density at radius 2 is 2.32 bits per heavy atom. The molecule has 0 aliphatic carbocycles. The minimum absolute atomic E-state index is 0.0794. The molecular weight excluding hydrogens is 255 g/mol. The molecule has 102 valence electrons. The topological polar surface area (TPSA) is 81.5 Å². The predicted molar refractivity (Wildman–Crippen MR) is 64.6 cm³/mol. The number of rotatable bonds is 3. The fourth-order valence-corrected chi connectivity index (χ4v) is 2.27. The molecule has 1 aromatic rings. The number of ether oxygens (including phenoxy) is 1. The third kappa shape index (κ3) is 2.41. The molecule has 7 heteroatoms. The fourth-order valence-electron chi connectivity index (χ4n) is 2.27. The Hall–Kier alpha value is -2.02. The van der Waals surface area contributed by atoms with E-state index in [-0.39, 0.29) is 5.92 Å². The van der Waals surface area contributed by atoms with Gasteiger partial charge in [-0.15, -0.1) is 0 Å². The van der Waals surface area contributed by atoms with Gasteiger partial charge in [-0.05, 0) is 24.6 Å². The summed E-state index contributed by atoms with van der Waals surface area (Å²) in [6, 6.07) is 2.53. The molecule has 0 amide bonds. The Labute approximate surface area is 108 Å². The van der Waals surface area contributed by atoms with Crippen LogP contribution < -0.4 is 5.32 Å². The lowest BCUT2D eigenvalue weighted by atomic mass is 9.95. The highest BCUT2D eigenvalue weighted by Crippen LogP contribution is 2.31. The number of esters is 1. The highest BCUT2D eigenvalue weighted by molar-refractivity contribution is 5.94. The summed E-state index contributed by atoms with van der Waals surface area (Å²) in [5, 5.41) is 13.9. The van der Waals surface area contributed by atoms with Gasteiger partial charge in [0, 0.05) is 18.5 Å². The van der Waals surface area contributed by atoms with Crippen LogP contribution in [0.3, 0.4) is 0 Å². The van der Waals surface area contributed by atoms with Gasteiger partial charge in [-0.3, -0.25) is 10.1 Å². The molecule has 19 heavy (non-hydrogen) atoms. The van der Waals surface area contributed by atoms with Crippen molar-refractivity contribution in [3.63, 3.8) is 0 Å². The molecule has 1 N–H and O–H groups in total. The maximum absolute atomic E-state index is 14.3. The second kappa shape index (κ2) is 5.31. The van der Waals surface area contributed by atoms with E-state index in [1.807, 2.05) is 0 Å². The third-order valence-electron chi connectivity index (χ3n) is 3.24. The van der Waals surface area contributed by atoms with E-state index in [2.05, 4.69) is 10.1 Å². The Balaban J connectivity index is 2.54. The summed E-state index contributed by atoms with van der Waals surface area (Å²) in [5.74, 6) is -1.96. The van der Waals surface area contributed by atoms with E-state index in [9.17, 15) is 19.3 Å². The largest absolute Gasteiger partial charge is 0.465 e. The summed E-state index contributed by atoms with van der Waals surface area (Å²) >= 11 is 0. The van der Waals surface area contributed by atoms with Crippen molar-refractivity contribution in [2.24, 2.45) is 0 Å². The monoisotopic (exact) mass is 268 g/mol. The average Bonchev–Trinajstić information content (AvgIpc) is 2.90. The highest BCUT2D eigenvalue weighted by atomic mass is 19.1. The van der Waals surface area contributed by atoms with E-state index >= 15 is 0 Å². The zero-order valence-corrected chi connectivity index (χ0v) is 10.3. The molecule has 0 radical (unpaired) electrons. The number of nitro benzene ring substituents is 1. The number of nitro groups is 1. The molecule has 0 spiro atoms. The Kier molecular flexibility index (Phi) is 3.75. The maximum Gasteiger partial charge on any atom is 0.347 e. The third-order valence-corrected chi connectivity index (χ3v) is 3.24. The first-order valence-corrected chi connectivity index (χ1v) is 5.82. The molecule has 1 saturated heterocycles. The van der Waals surface area contributed by atoms with Crippen molar-refractivity contribution in [3.05, 3.63) is 39.2 Å². The molecule has 6 nitrogen and oxygen atoms in total. The number of nitrogens with one attached hydrogen (secondary N) is 1. The second-order valence-electron chi connectivity index (χ2n) is 4.30. The van der Waals surface area contributed by atoms with Crippen LogP contribution in [0.5, 0.6) is 0 Å². The first-order valence-electron chi connectivity index (χ1n) is 5.82. The fraction of sp³-hybridized carbons (Fsp3) is 0.417. The van der Waals surface area contributed by atoms with E-state index in [0.717, 1.165) is 26.1 Å². The first kappa shape index (κ1) is 13.4. The molecule has 1 aliphatic heterocycles. The smallest absolute Gasteiger partial charge is 0.347 e. The van der Waals surface area contributed by atoms with Gasteiger partial charge in [-0.25, -0.2) is 9.18 Å². The van der Waals surface area contributed by atoms with E-state index in [0.29, 0.717) is 12.1 Å². The number of hydrogen-bond acceptors (Lipinski definition) is 5. The van der Waals surface area contributed by atoms with Gasteiger partial charge in [0.2, 0.25) is 0 Å². The SMILES string of the molecule is COC(=O)c1c([N+](=O)[O-])ccc(C2CCNC2)c1F. The van der Waals surface area contributed by atoms with E-state index in [4.69, 9.17) is 0 Å². The van der Waals surface area contributed by atoms with Crippen LogP contribution in [-0.4, -0.2) is 31.1 Å². The number of hydrogen-bond donors (Lipinski definition) is 1. The summed E-state index contributed by atoms with van der Waals surface area (Å²) in [6.45, 7) is 1.35. The van der Waals surface area contributed by atoms with Gasteiger partial charge in [0.05, 0.1) is 12.0 Å². The molecular formula is C12H13FN2O4. The summed E-state index contributed by atoms with van der Waals surface area (Å²) in [4.78, 5) is 21.6. The molecule has 0 aromatic heterocycles. The van der Waals surface area contributed by atoms with Crippen molar-refractivity contribution in [2.45, 2.75) is 12.3 Å².